The predicted molar refractivity (Wildman–Crippen MR) is 136 cm³/mol. The Kier molecular flexibility index (Phi) is 11.2. The molecule has 0 saturated carbocycles. The van der Waals surface area contributed by atoms with Crippen molar-refractivity contribution < 1.29 is 9.59 Å². The van der Waals surface area contributed by atoms with Gasteiger partial charge < -0.3 is 10.2 Å². The molecule has 174 valence electrons. The summed E-state index contributed by atoms with van der Waals surface area (Å²) in [6.07, 6.45) is 1.87. The third-order valence-electron chi connectivity index (χ3n) is 5.12. The van der Waals surface area contributed by atoms with Gasteiger partial charge in [-0.25, -0.2) is 0 Å². The molecule has 2 atom stereocenters. The van der Waals surface area contributed by atoms with Crippen LogP contribution in [0.4, 0.5) is 0 Å². The molecule has 2 rings (SSSR count). The first-order valence-electron chi connectivity index (χ1n) is 10.6. The van der Waals surface area contributed by atoms with E-state index >= 15 is 0 Å². The molecule has 0 unspecified atom stereocenters. The van der Waals surface area contributed by atoms with E-state index in [-0.39, 0.29) is 24.4 Å². The van der Waals surface area contributed by atoms with Crippen molar-refractivity contribution in [1.29, 1.82) is 0 Å². The van der Waals surface area contributed by atoms with Crippen molar-refractivity contribution in [2.75, 3.05) is 5.75 Å². The molecule has 8 heteroatoms. The number of amides is 2. The molecule has 2 aromatic rings. The van der Waals surface area contributed by atoms with Crippen LogP contribution >= 0.6 is 46.6 Å². The van der Waals surface area contributed by atoms with Crippen LogP contribution in [0.25, 0.3) is 0 Å². The molecule has 0 saturated heterocycles. The molecule has 2 aromatic carbocycles. The summed E-state index contributed by atoms with van der Waals surface area (Å²) in [6, 6.07) is 12.3. The molecule has 32 heavy (non-hydrogen) atoms. The van der Waals surface area contributed by atoms with E-state index in [0.29, 0.717) is 27.9 Å². The Labute approximate surface area is 210 Å². The normalized spacial score (nSPS) is 12.8. The third-order valence-corrected chi connectivity index (χ3v) is 7.21. The molecule has 0 aliphatic carbocycles. The van der Waals surface area contributed by atoms with Gasteiger partial charge in [0.2, 0.25) is 11.8 Å². The van der Waals surface area contributed by atoms with Crippen LogP contribution in [0.15, 0.2) is 47.4 Å². The van der Waals surface area contributed by atoms with Crippen molar-refractivity contribution in [3.8, 4) is 0 Å². The van der Waals surface area contributed by atoms with Crippen LogP contribution < -0.4 is 5.32 Å². The molecular formula is C24H29Cl3N2O2S. The lowest BCUT2D eigenvalue weighted by atomic mass is 10.1. The molecule has 2 amide bonds. The fraction of sp³-hybridized carbons (Fsp3) is 0.417. The summed E-state index contributed by atoms with van der Waals surface area (Å²) in [7, 11) is 0. The van der Waals surface area contributed by atoms with E-state index in [4.69, 9.17) is 34.8 Å². The second-order valence-corrected chi connectivity index (χ2v) is 10.1. The van der Waals surface area contributed by atoms with Gasteiger partial charge in [0.25, 0.3) is 0 Å². The maximum Gasteiger partial charge on any atom is 0.242 e. The first-order chi connectivity index (χ1) is 15.2. The van der Waals surface area contributed by atoms with Gasteiger partial charge in [-0.3, -0.25) is 9.59 Å². The second-order valence-electron chi connectivity index (χ2n) is 7.67. The molecule has 0 spiro atoms. The van der Waals surface area contributed by atoms with E-state index in [0.717, 1.165) is 22.6 Å². The van der Waals surface area contributed by atoms with Gasteiger partial charge in [-0.2, -0.15) is 0 Å². The van der Waals surface area contributed by atoms with Crippen LogP contribution in [0.1, 0.15) is 45.6 Å². The molecule has 4 nitrogen and oxygen atoms in total. The van der Waals surface area contributed by atoms with Crippen LogP contribution in [-0.4, -0.2) is 34.6 Å². The van der Waals surface area contributed by atoms with E-state index in [9.17, 15) is 9.59 Å². The Morgan fingerprint density at radius 3 is 2.34 bits per heavy atom. The van der Waals surface area contributed by atoms with Crippen molar-refractivity contribution >= 4 is 58.4 Å². The number of carbonyl (C=O) groups is 2. The summed E-state index contributed by atoms with van der Waals surface area (Å²) >= 11 is 19.8. The molecule has 0 bridgehead atoms. The van der Waals surface area contributed by atoms with Gasteiger partial charge >= 0.3 is 0 Å². The lowest BCUT2D eigenvalue weighted by molar-refractivity contribution is -0.140. The number of nitrogens with one attached hydrogen (secondary N) is 1. The number of rotatable bonds is 11. The highest BCUT2D eigenvalue weighted by Crippen LogP contribution is 2.25. The topological polar surface area (TPSA) is 49.4 Å². The Morgan fingerprint density at radius 2 is 1.72 bits per heavy atom. The summed E-state index contributed by atoms with van der Waals surface area (Å²) in [5, 5.41) is 4.55. The number of benzene rings is 2. The quantitative estimate of drug-likeness (QED) is 0.263. The highest BCUT2D eigenvalue weighted by molar-refractivity contribution is 7.99. The highest BCUT2D eigenvalue weighted by Gasteiger charge is 2.26. The summed E-state index contributed by atoms with van der Waals surface area (Å²) < 4.78 is 0. The van der Waals surface area contributed by atoms with Crippen LogP contribution in [0, 0.1) is 0 Å². The minimum absolute atomic E-state index is 0.0441. The number of hydrogen-bond acceptors (Lipinski definition) is 3. The number of hydrogen-bond donors (Lipinski definition) is 1. The van der Waals surface area contributed by atoms with Crippen molar-refractivity contribution in [2.45, 2.75) is 63.6 Å². The second kappa shape index (κ2) is 13.3. The largest absolute Gasteiger partial charge is 0.352 e. The van der Waals surface area contributed by atoms with E-state index < -0.39 is 6.04 Å². The smallest absolute Gasteiger partial charge is 0.242 e. The Hall–Kier alpha value is -1.40. The van der Waals surface area contributed by atoms with Crippen molar-refractivity contribution in [1.82, 2.24) is 10.2 Å². The number of halogens is 3. The Bertz CT molecular complexity index is 909. The number of carbonyl (C=O) groups excluding carboxylic acids is 2. The predicted octanol–water partition coefficient (Wildman–Crippen LogP) is 6.85. The monoisotopic (exact) mass is 514 g/mol. The summed E-state index contributed by atoms with van der Waals surface area (Å²) in [6.45, 7) is 6.00. The average molecular weight is 516 g/mol. The molecule has 0 aromatic heterocycles. The first-order valence-corrected chi connectivity index (χ1v) is 12.7. The van der Waals surface area contributed by atoms with Gasteiger partial charge in [0.05, 0.1) is 10.0 Å². The minimum Gasteiger partial charge on any atom is -0.352 e. The van der Waals surface area contributed by atoms with Gasteiger partial charge in [-0.1, -0.05) is 47.8 Å². The van der Waals surface area contributed by atoms with E-state index in [1.54, 1.807) is 35.7 Å². The molecule has 1 N–H and O–H groups in total. The van der Waals surface area contributed by atoms with Crippen LogP contribution in [0.2, 0.25) is 15.1 Å². The SMILES string of the molecule is CC[C@@H](C)NC(=O)[C@H](C)N(Cc1ccc(Cl)c(Cl)c1)C(=O)CCCSc1ccc(Cl)cc1. The third kappa shape index (κ3) is 8.51. The zero-order valence-corrected chi connectivity index (χ0v) is 21.6. The fourth-order valence-electron chi connectivity index (χ4n) is 2.97. The molecule has 0 heterocycles. The number of nitrogens with zero attached hydrogens (tertiary/aromatic N) is 1. The summed E-state index contributed by atoms with van der Waals surface area (Å²) in [4.78, 5) is 28.6. The lowest BCUT2D eigenvalue weighted by Crippen LogP contribution is -2.49. The van der Waals surface area contributed by atoms with E-state index in [2.05, 4.69) is 5.32 Å². The fourth-order valence-corrected chi connectivity index (χ4v) is 4.27. The molecule has 0 radical (unpaired) electrons. The molecule has 0 aliphatic heterocycles. The van der Waals surface area contributed by atoms with Crippen LogP contribution in [0.3, 0.4) is 0 Å². The van der Waals surface area contributed by atoms with Gasteiger partial charge in [0.1, 0.15) is 6.04 Å². The van der Waals surface area contributed by atoms with E-state index in [1.807, 2.05) is 44.2 Å². The van der Waals surface area contributed by atoms with Crippen molar-refractivity contribution in [3.63, 3.8) is 0 Å². The standard InChI is InChI=1S/C24H29Cl3N2O2S/c1-4-16(2)28-24(31)17(3)29(15-18-7-12-21(26)22(27)14-18)23(30)6-5-13-32-20-10-8-19(25)9-11-20/h7-12,14,16-17H,4-6,13,15H2,1-3H3,(H,28,31)/t16-,17+/m1/s1. The molecule has 0 fully saturated rings. The minimum atomic E-state index is -0.602. The van der Waals surface area contributed by atoms with Gasteiger partial charge in [0.15, 0.2) is 0 Å². The van der Waals surface area contributed by atoms with Gasteiger partial charge in [-0.15, -0.1) is 11.8 Å². The van der Waals surface area contributed by atoms with Gasteiger partial charge in [0, 0.05) is 28.9 Å². The zero-order valence-electron chi connectivity index (χ0n) is 18.5. The maximum absolute atomic E-state index is 13.1. The van der Waals surface area contributed by atoms with Crippen LogP contribution in [-0.2, 0) is 16.1 Å². The van der Waals surface area contributed by atoms with Gasteiger partial charge in [-0.05, 0) is 74.4 Å². The zero-order chi connectivity index (χ0) is 23.7. The maximum atomic E-state index is 13.1. The lowest BCUT2D eigenvalue weighted by Gasteiger charge is -2.30. The van der Waals surface area contributed by atoms with Crippen molar-refractivity contribution in [3.05, 3.63) is 63.1 Å². The highest BCUT2D eigenvalue weighted by atomic mass is 35.5. The molecule has 0 aliphatic rings. The number of thioether (sulfide) groups is 1. The van der Waals surface area contributed by atoms with Crippen molar-refractivity contribution in [2.24, 2.45) is 0 Å². The first kappa shape index (κ1) is 26.8. The average Bonchev–Trinajstić information content (AvgIpc) is 2.77. The molecular weight excluding hydrogens is 487 g/mol. The summed E-state index contributed by atoms with van der Waals surface area (Å²) in [5.41, 5.74) is 0.825. The Morgan fingerprint density at radius 1 is 1.03 bits per heavy atom. The van der Waals surface area contributed by atoms with E-state index in [1.165, 1.54) is 0 Å². The van der Waals surface area contributed by atoms with Crippen LogP contribution in [0.5, 0.6) is 0 Å². The Balaban J connectivity index is 2.04. The summed E-state index contributed by atoms with van der Waals surface area (Å²) in [5.74, 6) is 0.560.